The van der Waals surface area contributed by atoms with Crippen molar-refractivity contribution in [2.75, 3.05) is 13.2 Å². The van der Waals surface area contributed by atoms with Gasteiger partial charge in [-0.2, -0.15) is 0 Å². The van der Waals surface area contributed by atoms with Crippen LogP contribution in [0.4, 0.5) is 0 Å². The number of carbonyl (C=O) groups is 1. The molecule has 2 rings (SSSR count). The predicted molar refractivity (Wildman–Crippen MR) is 70.1 cm³/mol. The van der Waals surface area contributed by atoms with Crippen LogP contribution in [0.1, 0.15) is 24.2 Å². The number of halogens is 1. The molecule has 3 nitrogen and oxygen atoms in total. The number of morpholine rings is 1. The van der Waals surface area contributed by atoms with Crippen molar-refractivity contribution in [1.29, 1.82) is 0 Å². The molecule has 0 saturated carbocycles. The van der Waals surface area contributed by atoms with E-state index in [2.05, 4.69) is 15.9 Å². The van der Waals surface area contributed by atoms with Gasteiger partial charge in [-0.25, -0.2) is 0 Å². The number of amides is 1. The van der Waals surface area contributed by atoms with Crippen molar-refractivity contribution in [2.24, 2.45) is 0 Å². The maximum absolute atomic E-state index is 12.5. The summed E-state index contributed by atoms with van der Waals surface area (Å²) in [4.78, 5) is 14.4. The number of hydrogen-bond donors (Lipinski definition) is 0. The minimum Gasteiger partial charge on any atom is -0.377 e. The molecule has 0 N–H and O–H groups in total. The van der Waals surface area contributed by atoms with Gasteiger partial charge in [0.15, 0.2) is 0 Å². The Morgan fingerprint density at radius 3 is 2.47 bits per heavy atom. The van der Waals surface area contributed by atoms with Crippen molar-refractivity contribution in [1.82, 2.24) is 4.90 Å². The fourth-order valence-electron chi connectivity index (χ4n) is 2.18. The summed E-state index contributed by atoms with van der Waals surface area (Å²) in [6.07, 6.45) is 0. The van der Waals surface area contributed by atoms with Crippen LogP contribution in [0.2, 0.25) is 0 Å². The van der Waals surface area contributed by atoms with Gasteiger partial charge in [-0.3, -0.25) is 4.79 Å². The average Bonchev–Trinajstić information content (AvgIpc) is 2.29. The third-order valence-corrected chi connectivity index (χ3v) is 3.70. The Balaban J connectivity index is 2.27. The lowest BCUT2D eigenvalue weighted by Gasteiger charge is -2.39. The van der Waals surface area contributed by atoms with Gasteiger partial charge in [0, 0.05) is 4.47 Å². The van der Waals surface area contributed by atoms with E-state index in [9.17, 15) is 4.79 Å². The van der Waals surface area contributed by atoms with Crippen molar-refractivity contribution in [3.8, 4) is 0 Å². The van der Waals surface area contributed by atoms with Crippen LogP contribution in [0.25, 0.3) is 0 Å². The van der Waals surface area contributed by atoms with E-state index < -0.39 is 0 Å². The Kier molecular flexibility index (Phi) is 3.84. The smallest absolute Gasteiger partial charge is 0.255 e. The predicted octanol–water partition coefficient (Wildman–Crippen LogP) is 2.70. The Morgan fingerprint density at radius 1 is 1.29 bits per heavy atom. The second-order valence-corrected chi connectivity index (χ2v) is 5.28. The lowest BCUT2D eigenvalue weighted by Crippen LogP contribution is -2.52. The van der Waals surface area contributed by atoms with E-state index in [4.69, 9.17) is 4.74 Å². The lowest BCUT2D eigenvalue weighted by molar-refractivity contribution is -0.0250. The average molecular weight is 298 g/mol. The summed E-state index contributed by atoms with van der Waals surface area (Å²) < 4.78 is 6.28. The van der Waals surface area contributed by atoms with Crippen LogP contribution in [0.15, 0.2) is 28.7 Å². The van der Waals surface area contributed by atoms with Crippen LogP contribution in [0.5, 0.6) is 0 Å². The maximum atomic E-state index is 12.5. The topological polar surface area (TPSA) is 29.5 Å². The zero-order chi connectivity index (χ0) is 12.4. The summed E-state index contributed by atoms with van der Waals surface area (Å²) in [6.45, 7) is 5.26. The number of nitrogens with zero attached hydrogens (tertiary/aromatic N) is 1. The Hall–Kier alpha value is -0.870. The van der Waals surface area contributed by atoms with Crippen LogP contribution in [0.3, 0.4) is 0 Å². The first-order valence-corrected chi connectivity index (χ1v) is 6.55. The lowest BCUT2D eigenvalue weighted by atomic mass is 10.1. The van der Waals surface area contributed by atoms with E-state index in [1.807, 2.05) is 43.0 Å². The molecule has 1 heterocycles. The van der Waals surface area contributed by atoms with Gasteiger partial charge < -0.3 is 9.64 Å². The van der Waals surface area contributed by atoms with Crippen LogP contribution in [-0.2, 0) is 4.74 Å². The van der Waals surface area contributed by atoms with Gasteiger partial charge in [0.05, 0.1) is 30.9 Å². The van der Waals surface area contributed by atoms with E-state index in [1.165, 1.54) is 0 Å². The molecule has 4 heteroatoms. The first-order chi connectivity index (χ1) is 8.11. The molecule has 1 aliphatic heterocycles. The first-order valence-electron chi connectivity index (χ1n) is 5.76. The Morgan fingerprint density at radius 2 is 1.88 bits per heavy atom. The van der Waals surface area contributed by atoms with Gasteiger partial charge >= 0.3 is 0 Å². The van der Waals surface area contributed by atoms with Gasteiger partial charge in [-0.15, -0.1) is 0 Å². The van der Waals surface area contributed by atoms with Crippen molar-refractivity contribution >= 4 is 21.8 Å². The molecule has 2 atom stereocenters. The molecule has 1 aromatic rings. The van der Waals surface area contributed by atoms with Crippen LogP contribution in [0, 0.1) is 0 Å². The largest absolute Gasteiger partial charge is 0.377 e. The molecular weight excluding hydrogens is 282 g/mol. The van der Waals surface area contributed by atoms with E-state index in [1.54, 1.807) is 0 Å². The van der Waals surface area contributed by atoms with Crippen molar-refractivity contribution in [3.63, 3.8) is 0 Å². The zero-order valence-corrected chi connectivity index (χ0v) is 11.6. The van der Waals surface area contributed by atoms with Gasteiger partial charge in [-0.05, 0) is 41.9 Å². The van der Waals surface area contributed by atoms with E-state index >= 15 is 0 Å². The van der Waals surface area contributed by atoms with Gasteiger partial charge in [0.2, 0.25) is 0 Å². The molecular formula is C13H16BrNO2. The van der Waals surface area contributed by atoms with E-state index in [0.717, 1.165) is 4.47 Å². The third kappa shape index (κ3) is 2.53. The van der Waals surface area contributed by atoms with Crippen molar-refractivity contribution in [2.45, 2.75) is 25.9 Å². The molecule has 92 valence electrons. The third-order valence-electron chi connectivity index (χ3n) is 3.01. The summed E-state index contributed by atoms with van der Waals surface area (Å²) in [5.41, 5.74) is 0.716. The molecule has 2 unspecified atom stereocenters. The number of ether oxygens (including phenoxy) is 1. The zero-order valence-electron chi connectivity index (χ0n) is 10.0. The molecule has 0 aliphatic carbocycles. The summed E-state index contributed by atoms with van der Waals surface area (Å²) in [6, 6.07) is 7.78. The number of hydrogen-bond acceptors (Lipinski definition) is 2. The number of benzene rings is 1. The quantitative estimate of drug-likeness (QED) is 0.798. The minimum absolute atomic E-state index is 0.0702. The minimum atomic E-state index is 0.0702. The standard InChI is InChI=1S/C13H16BrNO2/c1-9-7-17-8-10(2)15(9)13(16)11-5-3-4-6-12(11)14/h3-6,9-10H,7-8H2,1-2H3. The van der Waals surface area contributed by atoms with E-state index in [-0.39, 0.29) is 18.0 Å². The van der Waals surface area contributed by atoms with Crippen LogP contribution in [-0.4, -0.2) is 36.1 Å². The Bertz CT molecular complexity index is 412. The monoisotopic (exact) mass is 297 g/mol. The second kappa shape index (κ2) is 5.19. The highest BCUT2D eigenvalue weighted by atomic mass is 79.9. The van der Waals surface area contributed by atoms with Gasteiger partial charge in [0.25, 0.3) is 5.91 Å². The normalized spacial score (nSPS) is 24.8. The van der Waals surface area contributed by atoms with Crippen molar-refractivity contribution < 1.29 is 9.53 Å². The molecule has 1 amide bonds. The first kappa shape index (κ1) is 12.6. The highest BCUT2D eigenvalue weighted by Gasteiger charge is 2.30. The maximum Gasteiger partial charge on any atom is 0.255 e. The highest BCUT2D eigenvalue weighted by molar-refractivity contribution is 9.10. The molecule has 1 fully saturated rings. The van der Waals surface area contributed by atoms with Gasteiger partial charge in [-0.1, -0.05) is 12.1 Å². The highest BCUT2D eigenvalue weighted by Crippen LogP contribution is 2.22. The summed E-state index contributed by atoms with van der Waals surface area (Å²) in [5, 5.41) is 0. The van der Waals surface area contributed by atoms with Crippen LogP contribution >= 0.6 is 15.9 Å². The molecule has 1 aromatic carbocycles. The summed E-state index contributed by atoms with van der Waals surface area (Å²) in [7, 11) is 0. The summed E-state index contributed by atoms with van der Waals surface area (Å²) >= 11 is 3.42. The number of rotatable bonds is 1. The fraction of sp³-hybridized carbons (Fsp3) is 0.462. The fourth-order valence-corrected chi connectivity index (χ4v) is 2.63. The molecule has 17 heavy (non-hydrogen) atoms. The van der Waals surface area contributed by atoms with Crippen molar-refractivity contribution in [3.05, 3.63) is 34.3 Å². The molecule has 0 radical (unpaired) electrons. The molecule has 0 aromatic heterocycles. The second-order valence-electron chi connectivity index (χ2n) is 4.43. The molecule has 1 saturated heterocycles. The molecule has 0 spiro atoms. The van der Waals surface area contributed by atoms with E-state index in [0.29, 0.717) is 18.8 Å². The van der Waals surface area contributed by atoms with Crippen LogP contribution < -0.4 is 0 Å². The molecule has 0 bridgehead atoms. The number of carbonyl (C=O) groups excluding carboxylic acids is 1. The molecule has 1 aliphatic rings. The van der Waals surface area contributed by atoms with Gasteiger partial charge in [0.1, 0.15) is 0 Å². The summed E-state index contributed by atoms with van der Waals surface area (Å²) in [5.74, 6) is 0.0702. The SMILES string of the molecule is CC1COCC(C)N1C(=O)c1ccccc1Br. The Labute approximate surface area is 110 Å².